The Bertz CT molecular complexity index is 515. The number of hydrogen-bond acceptors (Lipinski definition) is 3. The molecule has 0 saturated carbocycles. The number of rotatable bonds is 3. The van der Waals surface area contributed by atoms with Crippen molar-refractivity contribution in [1.29, 1.82) is 0 Å². The molecule has 2 aromatic rings. The maximum absolute atomic E-state index is 13.0. The minimum Gasteiger partial charge on any atom is -0.397 e. The summed E-state index contributed by atoms with van der Waals surface area (Å²) in [7, 11) is 0. The van der Waals surface area contributed by atoms with Crippen LogP contribution in [-0.2, 0) is 6.54 Å². The van der Waals surface area contributed by atoms with Crippen LogP contribution < -0.4 is 11.1 Å². The monoisotopic (exact) mass is 235 g/mol. The normalized spacial score (nSPS) is 10.2. The molecular weight excluding hydrogens is 224 g/mol. The van der Waals surface area contributed by atoms with E-state index in [0.29, 0.717) is 12.2 Å². The highest BCUT2D eigenvalue weighted by atomic mass is 19.2. The standard InChI is InChI=1S/C12H11F2N3/c13-9-5-11(15)12(6-10(9)14)17-7-8-3-1-2-4-16-8/h1-6,17H,7,15H2. The molecule has 1 aromatic heterocycles. The van der Waals surface area contributed by atoms with Gasteiger partial charge in [0.1, 0.15) is 0 Å². The minimum absolute atomic E-state index is 0.167. The lowest BCUT2D eigenvalue weighted by Crippen LogP contribution is -2.05. The number of anilines is 2. The van der Waals surface area contributed by atoms with Gasteiger partial charge in [-0.1, -0.05) is 6.07 Å². The van der Waals surface area contributed by atoms with Crippen LogP contribution in [0.2, 0.25) is 0 Å². The molecule has 0 amide bonds. The topological polar surface area (TPSA) is 50.9 Å². The molecule has 0 fully saturated rings. The zero-order valence-corrected chi connectivity index (χ0v) is 8.95. The Morgan fingerprint density at radius 2 is 1.94 bits per heavy atom. The summed E-state index contributed by atoms with van der Waals surface area (Å²) in [5.74, 6) is -1.88. The van der Waals surface area contributed by atoms with Crippen molar-refractivity contribution < 1.29 is 8.78 Å². The number of nitrogens with one attached hydrogen (secondary N) is 1. The first-order valence-electron chi connectivity index (χ1n) is 5.05. The number of nitrogens with zero attached hydrogens (tertiary/aromatic N) is 1. The number of aromatic nitrogens is 1. The lowest BCUT2D eigenvalue weighted by Gasteiger charge is -2.09. The zero-order valence-electron chi connectivity index (χ0n) is 8.95. The first-order chi connectivity index (χ1) is 8.16. The molecule has 0 aliphatic rings. The highest BCUT2D eigenvalue weighted by Gasteiger charge is 2.07. The van der Waals surface area contributed by atoms with E-state index in [-0.39, 0.29) is 5.69 Å². The van der Waals surface area contributed by atoms with Gasteiger partial charge in [0.2, 0.25) is 0 Å². The fourth-order valence-electron chi connectivity index (χ4n) is 1.40. The van der Waals surface area contributed by atoms with Gasteiger partial charge in [0, 0.05) is 18.3 Å². The molecule has 3 nitrogen and oxygen atoms in total. The first kappa shape index (κ1) is 11.3. The van der Waals surface area contributed by atoms with Crippen LogP contribution >= 0.6 is 0 Å². The van der Waals surface area contributed by atoms with E-state index >= 15 is 0 Å². The van der Waals surface area contributed by atoms with Crippen molar-refractivity contribution >= 4 is 11.4 Å². The number of nitrogens with two attached hydrogens (primary N) is 1. The molecule has 0 unspecified atom stereocenters. The highest BCUT2D eigenvalue weighted by Crippen LogP contribution is 2.22. The predicted octanol–water partition coefficient (Wildman–Crippen LogP) is 2.55. The Kier molecular flexibility index (Phi) is 3.18. The number of benzene rings is 1. The van der Waals surface area contributed by atoms with Gasteiger partial charge >= 0.3 is 0 Å². The number of nitrogen functional groups attached to an aromatic ring is 1. The molecule has 5 heteroatoms. The quantitative estimate of drug-likeness (QED) is 0.804. The van der Waals surface area contributed by atoms with Crippen molar-refractivity contribution in [2.24, 2.45) is 0 Å². The summed E-state index contributed by atoms with van der Waals surface area (Å²) in [5, 5.41) is 2.90. The average molecular weight is 235 g/mol. The third kappa shape index (κ3) is 2.69. The van der Waals surface area contributed by atoms with Gasteiger partial charge in [-0.15, -0.1) is 0 Å². The van der Waals surface area contributed by atoms with Crippen molar-refractivity contribution in [3.8, 4) is 0 Å². The third-order valence-electron chi connectivity index (χ3n) is 2.28. The molecule has 1 heterocycles. The molecule has 0 aliphatic heterocycles. The Morgan fingerprint density at radius 3 is 2.65 bits per heavy atom. The molecule has 3 N–H and O–H groups in total. The van der Waals surface area contributed by atoms with Crippen LogP contribution in [0, 0.1) is 11.6 Å². The molecule has 0 spiro atoms. The lowest BCUT2D eigenvalue weighted by atomic mass is 10.2. The van der Waals surface area contributed by atoms with E-state index in [0.717, 1.165) is 17.8 Å². The number of hydrogen-bond donors (Lipinski definition) is 2. The van der Waals surface area contributed by atoms with Gasteiger partial charge in [0.05, 0.1) is 23.6 Å². The average Bonchev–Trinajstić information content (AvgIpc) is 2.33. The largest absolute Gasteiger partial charge is 0.397 e. The molecule has 0 radical (unpaired) electrons. The van der Waals surface area contributed by atoms with E-state index in [9.17, 15) is 8.78 Å². The number of halogens is 2. The van der Waals surface area contributed by atoms with Gasteiger partial charge in [-0.2, -0.15) is 0 Å². The maximum atomic E-state index is 13.0. The smallest absolute Gasteiger partial charge is 0.161 e. The lowest BCUT2D eigenvalue weighted by molar-refractivity contribution is 0.509. The van der Waals surface area contributed by atoms with Gasteiger partial charge in [0.15, 0.2) is 11.6 Å². The van der Waals surface area contributed by atoms with Gasteiger partial charge < -0.3 is 11.1 Å². The maximum Gasteiger partial charge on any atom is 0.161 e. The molecule has 88 valence electrons. The Morgan fingerprint density at radius 1 is 1.18 bits per heavy atom. The first-order valence-corrected chi connectivity index (χ1v) is 5.05. The van der Waals surface area contributed by atoms with E-state index in [4.69, 9.17) is 5.73 Å². The Balaban J connectivity index is 2.12. The van der Waals surface area contributed by atoms with Crippen LogP contribution in [0.3, 0.4) is 0 Å². The van der Waals surface area contributed by atoms with E-state index in [1.807, 2.05) is 12.1 Å². The Hall–Kier alpha value is -2.17. The van der Waals surface area contributed by atoms with Crippen LogP contribution in [0.15, 0.2) is 36.5 Å². The summed E-state index contributed by atoms with van der Waals surface area (Å²) in [5.41, 5.74) is 6.88. The molecule has 0 saturated heterocycles. The highest BCUT2D eigenvalue weighted by molar-refractivity contribution is 5.66. The zero-order chi connectivity index (χ0) is 12.3. The summed E-state index contributed by atoms with van der Waals surface area (Å²) in [6.07, 6.45) is 1.66. The molecule has 0 aliphatic carbocycles. The van der Waals surface area contributed by atoms with Crippen LogP contribution in [0.5, 0.6) is 0 Å². The molecule has 1 aromatic carbocycles. The second-order valence-electron chi connectivity index (χ2n) is 3.53. The van der Waals surface area contributed by atoms with E-state index in [1.54, 1.807) is 12.3 Å². The van der Waals surface area contributed by atoms with Crippen LogP contribution in [0.25, 0.3) is 0 Å². The van der Waals surface area contributed by atoms with Crippen molar-refractivity contribution in [3.63, 3.8) is 0 Å². The molecular formula is C12H11F2N3. The summed E-state index contributed by atoms with van der Waals surface area (Å²) < 4.78 is 25.8. The SMILES string of the molecule is Nc1cc(F)c(F)cc1NCc1ccccn1. The Labute approximate surface area is 97.3 Å². The van der Waals surface area contributed by atoms with E-state index in [1.165, 1.54) is 0 Å². The fraction of sp³-hybridized carbons (Fsp3) is 0.0833. The minimum atomic E-state index is -0.953. The van der Waals surface area contributed by atoms with Crippen LogP contribution in [-0.4, -0.2) is 4.98 Å². The van der Waals surface area contributed by atoms with Crippen LogP contribution in [0.4, 0.5) is 20.2 Å². The number of pyridine rings is 1. The summed E-state index contributed by atoms with van der Waals surface area (Å²) >= 11 is 0. The van der Waals surface area contributed by atoms with Crippen molar-refractivity contribution in [2.45, 2.75) is 6.54 Å². The van der Waals surface area contributed by atoms with Gasteiger partial charge in [-0.25, -0.2) is 8.78 Å². The molecule has 0 bridgehead atoms. The van der Waals surface area contributed by atoms with Gasteiger partial charge in [-0.05, 0) is 12.1 Å². The van der Waals surface area contributed by atoms with Gasteiger partial charge in [0.25, 0.3) is 0 Å². The van der Waals surface area contributed by atoms with Crippen molar-refractivity contribution in [3.05, 3.63) is 53.9 Å². The second kappa shape index (κ2) is 4.78. The summed E-state index contributed by atoms with van der Waals surface area (Å²) in [6.45, 7) is 0.399. The summed E-state index contributed by atoms with van der Waals surface area (Å²) in [6, 6.07) is 7.46. The molecule has 2 rings (SSSR count). The van der Waals surface area contributed by atoms with Crippen molar-refractivity contribution in [1.82, 2.24) is 4.98 Å². The summed E-state index contributed by atoms with van der Waals surface area (Å²) in [4.78, 5) is 4.09. The van der Waals surface area contributed by atoms with E-state index in [2.05, 4.69) is 10.3 Å². The molecule has 17 heavy (non-hydrogen) atoms. The predicted molar refractivity (Wildman–Crippen MR) is 62.3 cm³/mol. The van der Waals surface area contributed by atoms with E-state index < -0.39 is 11.6 Å². The fourth-order valence-corrected chi connectivity index (χ4v) is 1.40. The second-order valence-corrected chi connectivity index (χ2v) is 3.53. The van der Waals surface area contributed by atoms with Crippen LogP contribution in [0.1, 0.15) is 5.69 Å². The van der Waals surface area contributed by atoms with Crippen molar-refractivity contribution in [2.75, 3.05) is 11.1 Å². The third-order valence-corrected chi connectivity index (χ3v) is 2.28. The van der Waals surface area contributed by atoms with Gasteiger partial charge in [-0.3, -0.25) is 4.98 Å². The molecule has 0 atom stereocenters.